The molecule has 2 aliphatic rings. The van der Waals surface area contributed by atoms with E-state index in [1.54, 1.807) is 42.5 Å². The second-order valence-electron chi connectivity index (χ2n) is 8.87. The standard InChI is InChI=1S/C25H28N2O5S/c28-23-20(15-17-9-3-1-4-10-17)27-25(30)22(23)24(29)26-19-13-7-8-14-21(19)33(31,32)16-18-11-5-2-6-12-18/h2,5-8,11-14,17,20,22H,1,3-4,9-10,15-16H2,(H,26,29)(H,27,30). The highest BCUT2D eigenvalue weighted by Gasteiger charge is 2.46. The van der Waals surface area contributed by atoms with E-state index in [-0.39, 0.29) is 16.3 Å². The maximum atomic E-state index is 13.0. The summed E-state index contributed by atoms with van der Waals surface area (Å²) in [5.41, 5.74) is 0.685. The van der Waals surface area contributed by atoms with Gasteiger partial charge in [-0.3, -0.25) is 14.4 Å². The van der Waals surface area contributed by atoms with Gasteiger partial charge in [0.25, 0.3) is 0 Å². The Labute approximate surface area is 193 Å². The lowest BCUT2D eigenvalue weighted by Crippen LogP contribution is -2.33. The van der Waals surface area contributed by atoms with E-state index in [2.05, 4.69) is 10.6 Å². The van der Waals surface area contributed by atoms with Crippen LogP contribution in [0, 0.1) is 11.8 Å². The van der Waals surface area contributed by atoms with E-state index in [1.807, 2.05) is 0 Å². The summed E-state index contributed by atoms with van der Waals surface area (Å²) >= 11 is 0. The molecular weight excluding hydrogens is 440 g/mol. The lowest BCUT2D eigenvalue weighted by molar-refractivity contribution is -0.135. The van der Waals surface area contributed by atoms with E-state index >= 15 is 0 Å². The first-order chi connectivity index (χ1) is 15.8. The van der Waals surface area contributed by atoms with Gasteiger partial charge in [-0.2, -0.15) is 0 Å². The number of Topliss-reactive ketones (excluding diaryl/α,β-unsaturated/α-hetero) is 1. The summed E-state index contributed by atoms with van der Waals surface area (Å²) < 4.78 is 26.1. The summed E-state index contributed by atoms with van der Waals surface area (Å²) in [4.78, 5) is 38.2. The first-order valence-electron chi connectivity index (χ1n) is 11.4. The number of hydrogen-bond donors (Lipinski definition) is 2. The van der Waals surface area contributed by atoms with Gasteiger partial charge in [-0.15, -0.1) is 0 Å². The van der Waals surface area contributed by atoms with Crippen molar-refractivity contribution < 1.29 is 22.8 Å². The van der Waals surface area contributed by atoms with Gasteiger partial charge >= 0.3 is 0 Å². The average molecular weight is 469 g/mol. The molecule has 1 heterocycles. The Balaban J connectivity index is 1.48. The molecule has 0 bridgehead atoms. The third kappa shape index (κ3) is 5.33. The van der Waals surface area contributed by atoms with Crippen LogP contribution in [0.4, 0.5) is 5.69 Å². The van der Waals surface area contributed by atoms with Gasteiger partial charge in [0, 0.05) is 0 Å². The van der Waals surface area contributed by atoms with Crippen molar-refractivity contribution in [2.45, 2.75) is 55.2 Å². The minimum atomic E-state index is -3.77. The maximum absolute atomic E-state index is 13.0. The van der Waals surface area contributed by atoms with Crippen LogP contribution in [0.1, 0.15) is 44.1 Å². The Bertz CT molecular complexity index is 1140. The average Bonchev–Trinajstić information content (AvgIpc) is 3.08. The number of nitrogens with one attached hydrogen (secondary N) is 2. The predicted molar refractivity (Wildman–Crippen MR) is 124 cm³/mol. The van der Waals surface area contributed by atoms with Crippen molar-refractivity contribution in [2.75, 3.05) is 5.32 Å². The van der Waals surface area contributed by atoms with Crippen molar-refractivity contribution in [2.24, 2.45) is 11.8 Å². The summed E-state index contributed by atoms with van der Waals surface area (Å²) in [5, 5.41) is 5.21. The smallest absolute Gasteiger partial charge is 0.244 e. The second kappa shape index (κ2) is 9.87. The minimum absolute atomic E-state index is 0.0492. The quantitative estimate of drug-likeness (QED) is 0.606. The van der Waals surface area contributed by atoms with Crippen molar-refractivity contribution in [3.05, 3.63) is 60.2 Å². The van der Waals surface area contributed by atoms with Crippen LogP contribution in [0.25, 0.3) is 0 Å². The first-order valence-corrected chi connectivity index (χ1v) is 13.0. The summed E-state index contributed by atoms with van der Waals surface area (Å²) in [6.45, 7) is 0. The van der Waals surface area contributed by atoms with E-state index in [9.17, 15) is 22.8 Å². The third-order valence-electron chi connectivity index (χ3n) is 6.44. The molecule has 174 valence electrons. The topological polar surface area (TPSA) is 109 Å². The number of carbonyl (C=O) groups excluding carboxylic acids is 3. The zero-order valence-corrected chi connectivity index (χ0v) is 19.1. The van der Waals surface area contributed by atoms with Crippen LogP contribution >= 0.6 is 0 Å². The fourth-order valence-corrected chi connectivity index (χ4v) is 6.28. The molecular formula is C25H28N2O5S. The van der Waals surface area contributed by atoms with E-state index in [4.69, 9.17) is 0 Å². The molecule has 2 amide bonds. The number of ketones is 1. The molecule has 4 rings (SSSR count). The van der Waals surface area contributed by atoms with Gasteiger partial charge in [0.15, 0.2) is 21.5 Å². The molecule has 33 heavy (non-hydrogen) atoms. The van der Waals surface area contributed by atoms with Crippen LogP contribution in [0.5, 0.6) is 0 Å². The predicted octanol–water partition coefficient (Wildman–Crippen LogP) is 3.25. The summed E-state index contributed by atoms with van der Waals surface area (Å²) in [6, 6.07) is 14.1. The molecule has 2 aromatic carbocycles. The van der Waals surface area contributed by atoms with Gasteiger partial charge in [0.1, 0.15) is 0 Å². The molecule has 1 saturated carbocycles. The molecule has 0 spiro atoms. The van der Waals surface area contributed by atoms with E-state index in [1.165, 1.54) is 18.6 Å². The lowest BCUT2D eigenvalue weighted by Gasteiger charge is -2.23. The highest BCUT2D eigenvalue weighted by molar-refractivity contribution is 7.90. The van der Waals surface area contributed by atoms with Crippen molar-refractivity contribution in [3.8, 4) is 0 Å². The third-order valence-corrected chi connectivity index (χ3v) is 8.18. The van der Waals surface area contributed by atoms with E-state index in [0.29, 0.717) is 17.9 Å². The monoisotopic (exact) mass is 468 g/mol. The maximum Gasteiger partial charge on any atom is 0.244 e. The molecule has 2 atom stereocenters. The van der Waals surface area contributed by atoms with Gasteiger partial charge in [-0.05, 0) is 30.0 Å². The van der Waals surface area contributed by atoms with Crippen molar-refractivity contribution in [1.82, 2.24) is 5.32 Å². The largest absolute Gasteiger partial charge is 0.345 e. The van der Waals surface area contributed by atoms with Crippen molar-refractivity contribution in [3.63, 3.8) is 0 Å². The summed E-state index contributed by atoms with van der Waals surface area (Å²) in [7, 11) is -3.77. The van der Waals surface area contributed by atoms with Gasteiger partial charge in [-0.1, -0.05) is 74.6 Å². The molecule has 0 aromatic heterocycles. The van der Waals surface area contributed by atoms with Gasteiger partial charge < -0.3 is 10.6 Å². The molecule has 2 fully saturated rings. The zero-order valence-electron chi connectivity index (χ0n) is 18.3. The van der Waals surface area contributed by atoms with Crippen LogP contribution < -0.4 is 10.6 Å². The number of sulfone groups is 1. The molecule has 2 N–H and O–H groups in total. The summed E-state index contributed by atoms with van der Waals surface area (Å²) in [5.74, 6) is -3.18. The fraction of sp³-hybridized carbons (Fsp3) is 0.400. The molecule has 1 saturated heterocycles. The summed E-state index contributed by atoms with van der Waals surface area (Å²) in [6.07, 6.45) is 6.05. The first kappa shape index (κ1) is 23.2. The molecule has 2 aromatic rings. The highest BCUT2D eigenvalue weighted by Crippen LogP contribution is 2.30. The second-order valence-corrected chi connectivity index (χ2v) is 10.8. The Kier molecular flexibility index (Phi) is 6.93. The van der Waals surface area contributed by atoms with E-state index < -0.39 is 39.4 Å². The van der Waals surface area contributed by atoms with Crippen LogP contribution in [0.15, 0.2) is 59.5 Å². The van der Waals surface area contributed by atoms with E-state index in [0.717, 1.165) is 25.7 Å². The van der Waals surface area contributed by atoms with Gasteiger partial charge in [0.05, 0.1) is 22.4 Å². The number of benzene rings is 2. The number of hydrogen-bond acceptors (Lipinski definition) is 5. The molecule has 7 nitrogen and oxygen atoms in total. The Morgan fingerprint density at radius 1 is 0.939 bits per heavy atom. The highest BCUT2D eigenvalue weighted by atomic mass is 32.2. The fourth-order valence-electron chi connectivity index (χ4n) is 4.75. The van der Waals surface area contributed by atoms with Gasteiger partial charge in [-0.25, -0.2) is 8.42 Å². The number of para-hydroxylation sites is 1. The number of anilines is 1. The minimum Gasteiger partial charge on any atom is -0.345 e. The molecule has 8 heteroatoms. The number of amides is 2. The van der Waals surface area contributed by atoms with Gasteiger partial charge in [0.2, 0.25) is 11.8 Å². The van der Waals surface area contributed by atoms with Crippen LogP contribution in [0.2, 0.25) is 0 Å². The SMILES string of the molecule is O=C(Nc1ccccc1S(=O)(=O)Cc1ccccc1)C1C(=O)NC(CC2CCCCC2)C1=O. The van der Waals surface area contributed by atoms with Crippen LogP contribution in [-0.2, 0) is 30.0 Å². The number of carbonyl (C=O) groups is 3. The Morgan fingerprint density at radius 2 is 1.61 bits per heavy atom. The van der Waals surface area contributed by atoms with Crippen molar-refractivity contribution >= 4 is 33.1 Å². The molecule has 1 aliphatic carbocycles. The van der Waals surface area contributed by atoms with Crippen LogP contribution in [-0.4, -0.2) is 32.1 Å². The lowest BCUT2D eigenvalue weighted by atomic mass is 9.83. The van der Waals surface area contributed by atoms with Crippen molar-refractivity contribution in [1.29, 1.82) is 0 Å². The molecule has 1 aliphatic heterocycles. The number of rotatable bonds is 7. The zero-order chi connectivity index (χ0) is 23.4. The van der Waals surface area contributed by atoms with Crippen LogP contribution in [0.3, 0.4) is 0 Å². The molecule has 2 unspecified atom stereocenters. The Morgan fingerprint density at radius 3 is 2.33 bits per heavy atom. The Hall–Kier alpha value is -3.00. The molecule has 0 radical (unpaired) electrons. The normalized spacial score (nSPS) is 21.6.